The van der Waals surface area contributed by atoms with Crippen molar-refractivity contribution in [3.63, 3.8) is 0 Å². The van der Waals surface area contributed by atoms with Gasteiger partial charge in [0.05, 0.1) is 5.92 Å². The molecule has 1 aromatic rings. The number of nitrogens with one attached hydrogen (secondary N) is 1. The number of hydrogen-bond donors (Lipinski definition) is 2. The van der Waals surface area contributed by atoms with Crippen LogP contribution in [0.15, 0.2) is 24.3 Å². The average molecular weight is 374 g/mol. The van der Waals surface area contributed by atoms with Gasteiger partial charge in [0.25, 0.3) is 5.91 Å². The van der Waals surface area contributed by atoms with Gasteiger partial charge < -0.3 is 15.3 Å². The van der Waals surface area contributed by atoms with Crippen LogP contribution in [0.4, 0.5) is 0 Å². The Bertz CT molecular complexity index is 701. The molecule has 2 amide bonds. The molecule has 1 aromatic carbocycles. The molecule has 148 valence electrons. The van der Waals surface area contributed by atoms with Crippen molar-refractivity contribution in [2.24, 2.45) is 17.8 Å². The van der Waals surface area contributed by atoms with Crippen molar-refractivity contribution >= 4 is 17.8 Å². The molecule has 0 saturated carbocycles. The molecule has 3 unspecified atom stereocenters. The summed E-state index contributed by atoms with van der Waals surface area (Å²) in [6.07, 6.45) is 0.992. The Morgan fingerprint density at radius 2 is 1.93 bits per heavy atom. The molecule has 1 saturated heterocycles. The predicted molar refractivity (Wildman–Crippen MR) is 103 cm³/mol. The van der Waals surface area contributed by atoms with Gasteiger partial charge in [-0.3, -0.25) is 14.4 Å². The van der Waals surface area contributed by atoms with E-state index < -0.39 is 17.9 Å². The predicted octanol–water partition coefficient (Wildman–Crippen LogP) is 2.71. The van der Waals surface area contributed by atoms with Crippen LogP contribution in [-0.2, 0) is 9.59 Å². The third kappa shape index (κ3) is 5.31. The van der Waals surface area contributed by atoms with Gasteiger partial charge in [0, 0.05) is 18.7 Å². The monoisotopic (exact) mass is 374 g/mol. The van der Waals surface area contributed by atoms with Crippen molar-refractivity contribution in [3.8, 4) is 0 Å². The Morgan fingerprint density at radius 1 is 1.26 bits per heavy atom. The van der Waals surface area contributed by atoms with Crippen LogP contribution < -0.4 is 5.32 Å². The van der Waals surface area contributed by atoms with Gasteiger partial charge >= 0.3 is 5.97 Å². The SMILES string of the molecule is Cc1ccccc1C(=O)NC(CC(C)C)C(=O)N1CCC(C(=O)O)C(C)C1. The number of carboxylic acid groups (broad SMARTS) is 1. The largest absolute Gasteiger partial charge is 0.481 e. The molecule has 3 atom stereocenters. The molecule has 1 aliphatic heterocycles. The standard InChI is InChI=1S/C21H30N2O4/c1-13(2)11-18(22-19(24)16-8-6-5-7-14(16)3)20(25)23-10-9-17(21(26)27)15(4)12-23/h5-8,13,15,17-18H,9-12H2,1-4H3,(H,22,24)(H,26,27). The minimum absolute atomic E-state index is 0.105. The summed E-state index contributed by atoms with van der Waals surface area (Å²) in [5, 5.41) is 12.2. The van der Waals surface area contributed by atoms with Gasteiger partial charge in [0.2, 0.25) is 5.91 Å². The van der Waals surface area contributed by atoms with E-state index in [9.17, 15) is 19.5 Å². The highest BCUT2D eigenvalue weighted by atomic mass is 16.4. The Balaban J connectivity index is 2.11. The van der Waals surface area contributed by atoms with E-state index in [2.05, 4.69) is 5.32 Å². The number of carbonyl (C=O) groups is 3. The van der Waals surface area contributed by atoms with Crippen LogP contribution in [0.5, 0.6) is 0 Å². The lowest BCUT2D eigenvalue weighted by atomic mass is 9.86. The molecule has 6 heteroatoms. The lowest BCUT2D eigenvalue weighted by molar-refractivity contribution is -0.148. The first-order chi connectivity index (χ1) is 12.7. The first-order valence-corrected chi connectivity index (χ1v) is 9.58. The van der Waals surface area contributed by atoms with Crippen molar-refractivity contribution < 1.29 is 19.5 Å². The Hall–Kier alpha value is -2.37. The Morgan fingerprint density at radius 3 is 2.48 bits per heavy atom. The number of aryl methyl sites for hydroxylation is 1. The van der Waals surface area contributed by atoms with E-state index in [0.717, 1.165) is 5.56 Å². The Labute approximate surface area is 160 Å². The van der Waals surface area contributed by atoms with Crippen molar-refractivity contribution in [1.29, 1.82) is 0 Å². The molecule has 0 radical (unpaired) electrons. The van der Waals surface area contributed by atoms with E-state index in [4.69, 9.17) is 0 Å². The minimum Gasteiger partial charge on any atom is -0.481 e. The lowest BCUT2D eigenvalue weighted by Crippen LogP contribution is -2.53. The molecule has 1 heterocycles. The van der Waals surface area contributed by atoms with Crippen molar-refractivity contribution in [3.05, 3.63) is 35.4 Å². The maximum absolute atomic E-state index is 13.1. The summed E-state index contributed by atoms with van der Waals surface area (Å²) in [5.74, 6) is -1.46. The number of likely N-dealkylation sites (tertiary alicyclic amines) is 1. The first-order valence-electron chi connectivity index (χ1n) is 9.58. The van der Waals surface area contributed by atoms with Crippen molar-refractivity contribution in [2.75, 3.05) is 13.1 Å². The zero-order valence-electron chi connectivity index (χ0n) is 16.6. The number of rotatable bonds is 6. The van der Waals surface area contributed by atoms with Gasteiger partial charge in [0.15, 0.2) is 0 Å². The normalized spacial score (nSPS) is 21.0. The zero-order valence-corrected chi connectivity index (χ0v) is 16.6. The van der Waals surface area contributed by atoms with Crippen LogP contribution in [-0.4, -0.2) is 46.9 Å². The maximum atomic E-state index is 13.1. The molecule has 6 nitrogen and oxygen atoms in total. The van der Waals surface area contributed by atoms with Crippen LogP contribution in [0.25, 0.3) is 0 Å². The van der Waals surface area contributed by atoms with Crippen LogP contribution in [0.2, 0.25) is 0 Å². The highest BCUT2D eigenvalue weighted by molar-refractivity contribution is 5.98. The fourth-order valence-corrected chi connectivity index (χ4v) is 3.69. The van der Waals surface area contributed by atoms with E-state index >= 15 is 0 Å². The summed E-state index contributed by atoms with van der Waals surface area (Å²) in [6.45, 7) is 8.58. The summed E-state index contributed by atoms with van der Waals surface area (Å²) < 4.78 is 0. The molecule has 1 aliphatic rings. The number of carbonyl (C=O) groups excluding carboxylic acids is 2. The number of piperidine rings is 1. The van der Waals surface area contributed by atoms with Crippen molar-refractivity contribution in [1.82, 2.24) is 10.2 Å². The van der Waals surface area contributed by atoms with E-state index in [0.29, 0.717) is 31.5 Å². The average Bonchev–Trinajstić information content (AvgIpc) is 2.60. The van der Waals surface area contributed by atoms with Gasteiger partial charge in [-0.1, -0.05) is 39.0 Å². The molecule has 27 heavy (non-hydrogen) atoms. The van der Waals surface area contributed by atoms with Crippen LogP contribution in [0, 0.1) is 24.7 Å². The van der Waals surface area contributed by atoms with Gasteiger partial charge in [-0.2, -0.15) is 0 Å². The van der Waals surface area contributed by atoms with Gasteiger partial charge in [-0.15, -0.1) is 0 Å². The molecule has 0 aliphatic carbocycles. The molecule has 0 aromatic heterocycles. The van der Waals surface area contributed by atoms with Gasteiger partial charge in [-0.25, -0.2) is 0 Å². The second kappa shape index (κ2) is 9.02. The van der Waals surface area contributed by atoms with Crippen LogP contribution in [0.1, 0.15) is 49.5 Å². The zero-order chi connectivity index (χ0) is 20.1. The molecule has 2 N–H and O–H groups in total. The molecule has 2 rings (SSSR count). The second-order valence-corrected chi connectivity index (χ2v) is 7.97. The molecular weight excluding hydrogens is 344 g/mol. The third-order valence-electron chi connectivity index (χ3n) is 5.23. The maximum Gasteiger partial charge on any atom is 0.306 e. The second-order valence-electron chi connectivity index (χ2n) is 7.97. The highest BCUT2D eigenvalue weighted by Crippen LogP contribution is 2.24. The number of benzene rings is 1. The number of nitrogens with zero attached hydrogens (tertiary/aromatic N) is 1. The quantitative estimate of drug-likeness (QED) is 0.801. The van der Waals surface area contributed by atoms with E-state index in [1.807, 2.05) is 39.8 Å². The summed E-state index contributed by atoms with van der Waals surface area (Å²) in [6, 6.07) is 6.69. The van der Waals surface area contributed by atoms with Gasteiger partial charge in [-0.05, 0) is 43.2 Å². The summed E-state index contributed by atoms with van der Waals surface area (Å²) in [7, 11) is 0. The number of amides is 2. The minimum atomic E-state index is -0.804. The summed E-state index contributed by atoms with van der Waals surface area (Å²) in [4.78, 5) is 38.8. The van der Waals surface area contributed by atoms with E-state index in [1.54, 1.807) is 17.0 Å². The van der Waals surface area contributed by atoms with E-state index in [-0.39, 0.29) is 23.7 Å². The van der Waals surface area contributed by atoms with Crippen molar-refractivity contribution in [2.45, 2.75) is 46.6 Å². The molecular formula is C21H30N2O4. The smallest absolute Gasteiger partial charge is 0.306 e. The number of hydrogen-bond acceptors (Lipinski definition) is 3. The number of aliphatic carboxylic acids is 1. The molecule has 1 fully saturated rings. The fraction of sp³-hybridized carbons (Fsp3) is 0.571. The highest BCUT2D eigenvalue weighted by Gasteiger charge is 2.35. The number of carboxylic acids is 1. The van der Waals surface area contributed by atoms with Crippen LogP contribution >= 0.6 is 0 Å². The first kappa shape index (κ1) is 20.9. The topological polar surface area (TPSA) is 86.7 Å². The lowest BCUT2D eigenvalue weighted by Gasteiger charge is -2.37. The Kier molecular flexibility index (Phi) is 6.99. The molecule has 0 spiro atoms. The van der Waals surface area contributed by atoms with E-state index in [1.165, 1.54) is 0 Å². The summed E-state index contributed by atoms with van der Waals surface area (Å²) >= 11 is 0. The fourth-order valence-electron chi connectivity index (χ4n) is 3.69. The third-order valence-corrected chi connectivity index (χ3v) is 5.23. The van der Waals surface area contributed by atoms with Gasteiger partial charge in [0.1, 0.15) is 6.04 Å². The molecule has 0 bridgehead atoms. The summed E-state index contributed by atoms with van der Waals surface area (Å²) in [5.41, 5.74) is 1.43. The van der Waals surface area contributed by atoms with Crippen LogP contribution in [0.3, 0.4) is 0 Å².